The van der Waals surface area contributed by atoms with Crippen LogP contribution in [0.5, 0.6) is 0 Å². The van der Waals surface area contributed by atoms with Crippen LogP contribution in [0.25, 0.3) is 0 Å². The zero-order valence-corrected chi connectivity index (χ0v) is 14.2. The predicted octanol–water partition coefficient (Wildman–Crippen LogP) is 2.05. The molecule has 0 fully saturated rings. The molecule has 0 atom stereocenters. The molecule has 0 aliphatic heterocycles. The molecule has 2 N–H and O–H groups in total. The second kappa shape index (κ2) is 8.02. The van der Waals surface area contributed by atoms with Crippen LogP contribution in [0.4, 0.5) is 0 Å². The second-order valence-corrected chi connectivity index (χ2v) is 7.43. The summed E-state index contributed by atoms with van der Waals surface area (Å²) in [6.07, 6.45) is 1.96. The van der Waals surface area contributed by atoms with Crippen molar-refractivity contribution in [3.63, 3.8) is 0 Å². The summed E-state index contributed by atoms with van der Waals surface area (Å²) >= 11 is 1.62. The summed E-state index contributed by atoms with van der Waals surface area (Å²) in [5.41, 5.74) is 2.83. The summed E-state index contributed by atoms with van der Waals surface area (Å²) in [7, 11) is -3.42. The maximum atomic E-state index is 12.4. The number of hydrogen-bond donors (Lipinski definition) is 2. The van der Waals surface area contributed by atoms with E-state index >= 15 is 0 Å². The maximum absolute atomic E-state index is 12.4. The predicted molar refractivity (Wildman–Crippen MR) is 86.9 cm³/mol. The Kier molecular flexibility index (Phi) is 7.02. The van der Waals surface area contributed by atoms with E-state index in [0.29, 0.717) is 18.0 Å². The van der Waals surface area contributed by atoms with Gasteiger partial charge in [0.15, 0.2) is 0 Å². The lowest BCUT2D eigenvalue weighted by Gasteiger charge is -2.13. The van der Waals surface area contributed by atoms with Crippen LogP contribution >= 0.6 is 11.8 Å². The zero-order valence-electron chi connectivity index (χ0n) is 12.6. The van der Waals surface area contributed by atoms with E-state index in [1.807, 2.05) is 33.1 Å². The molecule has 1 rings (SSSR count). The third-order valence-electron chi connectivity index (χ3n) is 3.15. The lowest BCUT2D eigenvalue weighted by molar-refractivity contribution is 0.583. The van der Waals surface area contributed by atoms with Gasteiger partial charge >= 0.3 is 0 Å². The Morgan fingerprint density at radius 2 is 1.95 bits per heavy atom. The molecule has 0 aromatic heterocycles. The van der Waals surface area contributed by atoms with Crippen LogP contribution < -0.4 is 10.0 Å². The van der Waals surface area contributed by atoms with Crippen LogP contribution in [0.3, 0.4) is 0 Å². The molecule has 0 saturated carbocycles. The van der Waals surface area contributed by atoms with Crippen LogP contribution in [0.1, 0.15) is 23.6 Å². The number of benzene rings is 1. The topological polar surface area (TPSA) is 58.2 Å². The highest BCUT2D eigenvalue weighted by molar-refractivity contribution is 7.98. The Hall–Kier alpha value is -0.560. The summed E-state index contributed by atoms with van der Waals surface area (Å²) in [6, 6.07) is 3.81. The molecule has 0 unspecified atom stereocenters. The summed E-state index contributed by atoms with van der Waals surface area (Å²) < 4.78 is 27.4. The Balaban J connectivity index is 3.05. The first-order valence-corrected chi connectivity index (χ1v) is 9.59. The van der Waals surface area contributed by atoms with Crippen LogP contribution in [-0.2, 0) is 16.6 Å². The fourth-order valence-corrected chi connectivity index (χ4v) is 3.74. The summed E-state index contributed by atoms with van der Waals surface area (Å²) in [5.74, 6) is 0.772. The van der Waals surface area contributed by atoms with Gasteiger partial charge in [-0.3, -0.25) is 0 Å². The highest BCUT2D eigenvalue weighted by Crippen LogP contribution is 2.21. The Morgan fingerprint density at radius 3 is 2.55 bits per heavy atom. The summed E-state index contributed by atoms with van der Waals surface area (Å²) in [6.45, 7) is 7.84. The van der Waals surface area contributed by atoms with Crippen molar-refractivity contribution in [2.75, 3.05) is 25.1 Å². The van der Waals surface area contributed by atoms with E-state index in [2.05, 4.69) is 10.0 Å². The quantitative estimate of drug-likeness (QED) is 0.721. The lowest BCUT2D eigenvalue weighted by Crippen LogP contribution is -2.27. The van der Waals surface area contributed by atoms with Crippen molar-refractivity contribution in [2.45, 2.75) is 32.2 Å². The normalized spacial score (nSPS) is 11.8. The number of sulfonamides is 1. The van der Waals surface area contributed by atoms with Crippen molar-refractivity contribution in [3.8, 4) is 0 Å². The molecule has 0 radical (unpaired) electrons. The molecule has 0 aliphatic carbocycles. The molecule has 0 saturated heterocycles. The van der Waals surface area contributed by atoms with E-state index in [9.17, 15) is 8.42 Å². The minimum atomic E-state index is -3.42. The molecular formula is C14H24N2O2S2. The first-order chi connectivity index (χ1) is 9.42. The molecule has 0 spiro atoms. The first-order valence-electron chi connectivity index (χ1n) is 6.71. The number of hydrogen-bond acceptors (Lipinski definition) is 4. The molecule has 0 amide bonds. The SMILES string of the molecule is CCNCc1cc(C)c(C)c(S(=O)(=O)NCCSC)c1. The van der Waals surface area contributed by atoms with E-state index in [1.54, 1.807) is 17.8 Å². The lowest BCUT2D eigenvalue weighted by atomic mass is 10.1. The van der Waals surface area contributed by atoms with Gasteiger partial charge in [0.2, 0.25) is 10.0 Å². The average molecular weight is 316 g/mol. The van der Waals surface area contributed by atoms with E-state index in [1.165, 1.54) is 0 Å². The Labute approximate surface area is 126 Å². The van der Waals surface area contributed by atoms with Crippen LogP contribution in [0.15, 0.2) is 17.0 Å². The van der Waals surface area contributed by atoms with Crippen molar-refractivity contribution in [3.05, 3.63) is 28.8 Å². The molecular weight excluding hydrogens is 292 g/mol. The van der Waals surface area contributed by atoms with Gasteiger partial charge in [-0.25, -0.2) is 13.1 Å². The molecule has 1 aromatic rings. The van der Waals surface area contributed by atoms with Gasteiger partial charge in [-0.15, -0.1) is 0 Å². The van der Waals surface area contributed by atoms with Gasteiger partial charge in [0.25, 0.3) is 0 Å². The number of nitrogens with one attached hydrogen (secondary N) is 2. The van der Waals surface area contributed by atoms with E-state index in [0.717, 1.165) is 29.0 Å². The fourth-order valence-electron chi connectivity index (χ4n) is 1.91. The van der Waals surface area contributed by atoms with Crippen molar-refractivity contribution in [2.24, 2.45) is 0 Å². The smallest absolute Gasteiger partial charge is 0.240 e. The molecule has 1 aromatic carbocycles. The van der Waals surface area contributed by atoms with Crippen molar-refractivity contribution >= 4 is 21.8 Å². The van der Waals surface area contributed by atoms with Gasteiger partial charge < -0.3 is 5.32 Å². The number of thioether (sulfide) groups is 1. The summed E-state index contributed by atoms with van der Waals surface area (Å²) in [4.78, 5) is 0.395. The average Bonchev–Trinajstić information content (AvgIpc) is 2.39. The maximum Gasteiger partial charge on any atom is 0.240 e. The first kappa shape index (κ1) is 17.5. The highest BCUT2D eigenvalue weighted by atomic mass is 32.2. The van der Waals surface area contributed by atoms with E-state index < -0.39 is 10.0 Å². The monoisotopic (exact) mass is 316 g/mol. The third-order valence-corrected chi connectivity index (χ3v) is 5.35. The largest absolute Gasteiger partial charge is 0.313 e. The van der Waals surface area contributed by atoms with Gasteiger partial charge in [-0.1, -0.05) is 13.0 Å². The van der Waals surface area contributed by atoms with Crippen molar-refractivity contribution < 1.29 is 8.42 Å². The second-order valence-electron chi connectivity index (χ2n) is 4.71. The van der Waals surface area contributed by atoms with Gasteiger partial charge in [-0.05, 0) is 49.4 Å². The van der Waals surface area contributed by atoms with E-state index in [4.69, 9.17) is 0 Å². The van der Waals surface area contributed by atoms with Crippen LogP contribution in [0, 0.1) is 13.8 Å². The van der Waals surface area contributed by atoms with Gasteiger partial charge in [-0.2, -0.15) is 11.8 Å². The Bertz CT molecular complexity index is 542. The molecule has 0 bridgehead atoms. The van der Waals surface area contributed by atoms with E-state index in [-0.39, 0.29) is 0 Å². The van der Waals surface area contributed by atoms with Gasteiger partial charge in [0, 0.05) is 18.8 Å². The van der Waals surface area contributed by atoms with Crippen molar-refractivity contribution in [1.82, 2.24) is 10.0 Å². The van der Waals surface area contributed by atoms with Crippen LogP contribution in [-0.4, -0.2) is 33.5 Å². The zero-order chi connectivity index (χ0) is 15.2. The fraction of sp³-hybridized carbons (Fsp3) is 0.571. The number of aryl methyl sites for hydroxylation is 1. The van der Waals surface area contributed by atoms with Gasteiger partial charge in [0.1, 0.15) is 0 Å². The standard InChI is InChI=1S/C14H24N2O2S2/c1-5-15-10-13-8-11(2)12(3)14(9-13)20(17,18)16-6-7-19-4/h8-9,15-16H,5-7,10H2,1-4H3. The highest BCUT2D eigenvalue weighted by Gasteiger charge is 2.18. The molecule has 20 heavy (non-hydrogen) atoms. The molecule has 0 heterocycles. The third kappa shape index (κ3) is 4.77. The Morgan fingerprint density at radius 1 is 1.25 bits per heavy atom. The minimum absolute atomic E-state index is 0.395. The summed E-state index contributed by atoms with van der Waals surface area (Å²) in [5, 5.41) is 3.22. The minimum Gasteiger partial charge on any atom is -0.313 e. The van der Waals surface area contributed by atoms with Crippen LogP contribution in [0.2, 0.25) is 0 Å². The molecule has 114 valence electrons. The van der Waals surface area contributed by atoms with Crippen molar-refractivity contribution in [1.29, 1.82) is 0 Å². The molecule has 6 heteroatoms. The molecule has 4 nitrogen and oxygen atoms in total. The van der Waals surface area contributed by atoms with Gasteiger partial charge in [0.05, 0.1) is 4.90 Å². The molecule has 0 aliphatic rings. The number of rotatable bonds is 8.